The molecule has 1 saturated heterocycles. The molecular formula is C26H27NO. The van der Waals surface area contributed by atoms with Gasteiger partial charge < -0.3 is 4.74 Å². The maximum atomic E-state index is 6.84. The van der Waals surface area contributed by atoms with E-state index in [1.54, 1.807) is 0 Å². The van der Waals surface area contributed by atoms with Crippen molar-refractivity contribution in [3.63, 3.8) is 0 Å². The van der Waals surface area contributed by atoms with E-state index in [1.165, 1.54) is 36.1 Å². The molecule has 5 rings (SSSR count). The maximum Gasteiger partial charge on any atom is 0.108 e. The number of benzene rings is 3. The zero-order valence-electron chi connectivity index (χ0n) is 16.2. The third-order valence-corrected chi connectivity index (χ3v) is 6.28. The number of rotatable bonds is 6. The first-order valence-corrected chi connectivity index (χ1v) is 10.4. The number of hydrogen-bond acceptors (Lipinski definition) is 2. The van der Waals surface area contributed by atoms with Crippen LogP contribution in [0.3, 0.4) is 0 Å². The number of likely N-dealkylation sites (tertiary alicyclic amines) is 1. The van der Waals surface area contributed by atoms with E-state index in [0.717, 1.165) is 12.5 Å². The normalized spacial score (nSPS) is 24.1. The van der Waals surface area contributed by atoms with Gasteiger partial charge in [-0.2, -0.15) is 0 Å². The van der Waals surface area contributed by atoms with Gasteiger partial charge in [-0.05, 0) is 35.4 Å². The predicted octanol–water partition coefficient (Wildman–Crippen LogP) is 5.46. The van der Waals surface area contributed by atoms with Crippen LogP contribution in [-0.2, 0) is 11.3 Å². The molecule has 0 N–H and O–H groups in total. The van der Waals surface area contributed by atoms with Crippen molar-refractivity contribution >= 4 is 0 Å². The molecule has 0 amide bonds. The molecule has 0 spiro atoms. The molecule has 0 radical (unpaired) electrons. The Morgan fingerprint density at radius 3 is 1.89 bits per heavy atom. The van der Waals surface area contributed by atoms with Crippen molar-refractivity contribution in [3.8, 4) is 0 Å². The Kier molecular flexibility index (Phi) is 4.99. The molecule has 2 aliphatic rings. The summed E-state index contributed by atoms with van der Waals surface area (Å²) in [4.78, 5) is 2.64. The summed E-state index contributed by atoms with van der Waals surface area (Å²) in [5.74, 6) is 0.769. The minimum atomic E-state index is 0.00493. The summed E-state index contributed by atoms with van der Waals surface area (Å²) >= 11 is 0. The lowest BCUT2D eigenvalue weighted by molar-refractivity contribution is -0.0440. The highest BCUT2D eigenvalue weighted by Crippen LogP contribution is 2.42. The second-order valence-electron chi connectivity index (χ2n) is 8.20. The van der Waals surface area contributed by atoms with E-state index >= 15 is 0 Å². The molecule has 2 fully saturated rings. The Bertz CT molecular complexity index is 841. The summed E-state index contributed by atoms with van der Waals surface area (Å²) in [6.45, 7) is 2.24. The summed E-state index contributed by atoms with van der Waals surface area (Å²) < 4.78 is 6.84. The highest BCUT2D eigenvalue weighted by molar-refractivity contribution is 5.30. The number of hydrogen-bond donors (Lipinski definition) is 0. The summed E-state index contributed by atoms with van der Waals surface area (Å²) in [5, 5.41) is 0. The largest absolute Gasteiger partial charge is 0.364 e. The molecule has 1 heterocycles. The van der Waals surface area contributed by atoms with Crippen LogP contribution in [0.2, 0.25) is 0 Å². The SMILES string of the molecule is c1ccc(CN2C[C@H]3C[C@@H]2[C@H](OC(c2ccccc2)c2ccccc2)C3)cc1. The Morgan fingerprint density at radius 2 is 1.32 bits per heavy atom. The van der Waals surface area contributed by atoms with Gasteiger partial charge in [-0.15, -0.1) is 0 Å². The Labute approximate surface area is 167 Å². The van der Waals surface area contributed by atoms with Crippen LogP contribution in [0.4, 0.5) is 0 Å². The minimum absolute atomic E-state index is 0.00493. The first kappa shape index (κ1) is 17.7. The molecule has 0 unspecified atom stereocenters. The molecule has 1 aliphatic carbocycles. The smallest absolute Gasteiger partial charge is 0.108 e. The molecule has 3 atom stereocenters. The van der Waals surface area contributed by atoms with Crippen LogP contribution in [-0.4, -0.2) is 23.6 Å². The van der Waals surface area contributed by atoms with Crippen molar-refractivity contribution in [1.29, 1.82) is 0 Å². The third kappa shape index (κ3) is 3.63. The van der Waals surface area contributed by atoms with Gasteiger partial charge >= 0.3 is 0 Å². The summed E-state index contributed by atoms with van der Waals surface area (Å²) in [6.07, 6.45) is 2.76. The van der Waals surface area contributed by atoms with Crippen LogP contribution in [0, 0.1) is 5.92 Å². The predicted molar refractivity (Wildman–Crippen MR) is 113 cm³/mol. The van der Waals surface area contributed by atoms with Crippen molar-refractivity contribution in [2.24, 2.45) is 5.92 Å². The molecule has 3 aromatic carbocycles. The molecule has 3 aromatic rings. The topological polar surface area (TPSA) is 12.5 Å². The zero-order valence-corrected chi connectivity index (χ0v) is 16.2. The molecular weight excluding hydrogens is 342 g/mol. The lowest BCUT2D eigenvalue weighted by atomic mass is 10.00. The van der Waals surface area contributed by atoms with E-state index in [9.17, 15) is 0 Å². The Hall–Kier alpha value is -2.42. The lowest BCUT2D eigenvalue weighted by Crippen LogP contribution is -2.42. The van der Waals surface area contributed by atoms with Crippen molar-refractivity contribution in [2.75, 3.05) is 6.54 Å². The van der Waals surface area contributed by atoms with Gasteiger partial charge in [0.2, 0.25) is 0 Å². The van der Waals surface area contributed by atoms with E-state index in [0.29, 0.717) is 12.1 Å². The van der Waals surface area contributed by atoms with Crippen LogP contribution in [0.25, 0.3) is 0 Å². The standard InChI is InChI=1S/C26H27NO/c1-4-10-20(11-5-1)18-27-19-21-16-24(27)25(17-21)28-26(22-12-6-2-7-13-22)23-14-8-3-9-15-23/h1-15,21,24-26H,16-19H2/t21-,24+,25+/m0/s1. The number of fused-ring (bicyclic) bond motifs is 2. The van der Waals surface area contributed by atoms with Crippen molar-refractivity contribution in [1.82, 2.24) is 4.90 Å². The third-order valence-electron chi connectivity index (χ3n) is 6.28. The van der Waals surface area contributed by atoms with Gasteiger partial charge in [-0.25, -0.2) is 0 Å². The molecule has 2 heteroatoms. The van der Waals surface area contributed by atoms with Gasteiger partial charge in [-0.1, -0.05) is 91.0 Å². The average molecular weight is 370 g/mol. The summed E-state index contributed by atoms with van der Waals surface area (Å²) in [5.41, 5.74) is 3.88. The number of nitrogens with zero attached hydrogens (tertiary/aromatic N) is 1. The summed E-state index contributed by atoms with van der Waals surface area (Å²) in [6, 6.07) is 32.7. The molecule has 142 valence electrons. The Morgan fingerprint density at radius 1 is 0.750 bits per heavy atom. The fourth-order valence-corrected chi connectivity index (χ4v) is 5.00. The van der Waals surface area contributed by atoms with E-state index in [-0.39, 0.29) is 6.10 Å². The second-order valence-corrected chi connectivity index (χ2v) is 8.20. The molecule has 1 aliphatic heterocycles. The van der Waals surface area contributed by atoms with Crippen molar-refractivity contribution < 1.29 is 4.74 Å². The summed E-state index contributed by atoms with van der Waals surface area (Å²) in [7, 11) is 0. The molecule has 2 bridgehead atoms. The van der Waals surface area contributed by atoms with Gasteiger partial charge in [0.15, 0.2) is 0 Å². The zero-order chi connectivity index (χ0) is 18.8. The van der Waals surface area contributed by atoms with Crippen LogP contribution in [0.15, 0.2) is 91.0 Å². The number of piperidine rings is 1. The van der Waals surface area contributed by atoms with E-state index in [4.69, 9.17) is 4.74 Å². The Balaban J connectivity index is 1.36. The second kappa shape index (κ2) is 7.90. The van der Waals surface area contributed by atoms with Gasteiger partial charge in [0.1, 0.15) is 6.10 Å². The molecule has 2 nitrogen and oxygen atoms in total. The lowest BCUT2D eigenvalue weighted by Gasteiger charge is -2.35. The molecule has 28 heavy (non-hydrogen) atoms. The highest BCUT2D eigenvalue weighted by Gasteiger charge is 2.46. The monoisotopic (exact) mass is 369 g/mol. The fourth-order valence-electron chi connectivity index (χ4n) is 5.00. The quantitative estimate of drug-likeness (QED) is 0.572. The molecule has 1 saturated carbocycles. The van der Waals surface area contributed by atoms with E-state index < -0.39 is 0 Å². The van der Waals surface area contributed by atoms with Crippen molar-refractivity contribution in [3.05, 3.63) is 108 Å². The maximum absolute atomic E-state index is 6.84. The van der Waals surface area contributed by atoms with Crippen LogP contribution in [0.1, 0.15) is 35.6 Å². The van der Waals surface area contributed by atoms with Gasteiger partial charge in [0.25, 0.3) is 0 Å². The fraction of sp³-hybridized carbons (Fsp3) is 0.308. The van der Waals surface area contributed by atoms with Crippen LogP contribution < -0.4 is 0 Å². The van der Waals surface area contributed by atoms with Gasteiger partial charge in [0.05, 0.1) is 6.10 Å². The number of ether oxygens (including phenoxy) is 1. The highest BCUT2D eigenvalue weighted by atomic mass is 16.5. The average Bonchev–Trinajstić information content (AvgIpc) is 3.34. The first-order chi connectivity index (χ1) is 13.9. The van der Waals surface area contributed by atoms with Crippen LogP contribution in [0.5, 0.6) is 0 Å². The first-order valence-electron chi connectivity index (χ1n) is 10.4. The van der Waals surface area contributed by atoms with Gasteiger partial charge in [0, 0.05) is 19.1 Å². The van der Waals surface area contributed by atoms with E-state index in [1.807, 2.05) is 0 Å². The van der Waals surface area contributed by atoms with Crippen molar-refractivity contribution in [2.45, 2.75) is 37.6 Å². The minimum Gasteiger partial charge on any atom is -0.364 e. The van der Waals surface area contributed by atoms with E-state index in [2.05, 4.69) is 95.9 Å². The molecule has 0 aromatic heterocycles. The van der Waals surface area contributed by atoms with Crippen LogP contribution >= 0.6 is 0 Å². The van der Waals surface area contributed by atoms with Gasteiger partial charge in [-0.3, -0.25) is 4.90 Å².